The molecule has 2 unspecified atom stereocenters. The van der Waals surface area contributed by atoms with E-state index in [1.54, 1.807) is 0 Å². The number of carboxylic acids is 1. The summed E-state index contributed by atoms with van der Waals surface area (Å²) in [6, 6.07) is 0. The number of carbonyl (C=O) groups is 3. The predicted molar refractivity (Wildman–Crippen MR) is 85.9 cm³/mol. The summed E-state index contributed by atoms with van der Waals surface area (Å²) in [5.74, 6) is -4.31. The highest BCUT2D eigenvalue weighted by atomic mass is 16.5. The van der Waals surface area contributed by atoms with Crippen LogP contribution in [0, 0.1) is 11.8 Å². The zero-order chi connectivity index (χ0) is 17.7. The van der Waals surface area contributed by atoms with Crippen LogP contribution in [-0.2, 0) is 23.9 Å². The quantitative estimate of drug-likeness (QED) is 0.412. The van der Waals surface area contributed by atoms with Crippen LogP contribution in [-0.4, -0.2) is 36.2 Å². The summed E-state index contributed by atoms with van der Waals surface area (Å²) in [6.45, 7) is 6.03. The third-order valence-electron chi connectivity index (χ3n) is 3.69. The summed E-state index contributed by atoms with van der Waals surface area (Å²) >= 11 is 0. The smallest absolute Gasteiger partial charge is 0.310 e. The van der Waals surface area contributed by atoms with Crippen molar-refractivity contribution >= 4 is 17.9 Å². The van der Waals surface area contributed by atoms with Gasteiger partial charge in [0.1, 0.15) is 0 Å². The Morgan fingerprint density at radius 1 is 0.913 bits per heavy atom. The predicted octanol–water partition coefficient (Wildman–Crippen LogP) is 3.18. The van der Waals surface area contributed by atoms with Gasteiger partial charge >= 0.3 is 17.9 Å². The van der Waals surface area contributed by atoms with Crippen molar-refractivity contribution < 1.29 is 29.0 Å². The van der Waals surface area contributed by atoms with Crippen LogP contribution in [0.1, 0.15) is 65.7 Å². The number of esters is 2. The normalized spacial score (nSPS) is 13.2. The van der Waals surface area contributed by atoms with E-state index in [0.717, 1.165) is 38.5 Å². The average molecular weight is 330 g/mol. The van der Waals surface area contributed by atoms with Crippen molar-refractivity contribution in [2.75, 3.05) is 13.2 Å². The van der Waals surface area contributed by atoms with E-state index in [2.05, 4.69) is 0 Å². The van der Waals surface area contributed by atoms with E-state index < -0.39 is 29.7 Å². The SMILES string of the molecule is CCCCCOC(=O)CC(C(=O)OCCCCC)C(C)C(=O)O. The summed E-state index contributed by atoms with van der Waals surface area (Å²) in [5, 5.41) is 9.11. The number of ether oxygens (including phenoxy) is 2. The molecule has 6 nitrogen and oxygen atoms in total. The lowest BCUT2D eigenvalue weighted by Crippen LogP contribution is -2.32. The van der Waals surface area contributed by atoms with Gasteiger partial charge in [0.2, 0.25) is 0 Å². The molecule has 0 saturated heterocycles. The highest BCUT2D eigenvalue weighted by Crippen LogP contribution is 2.19. The number of aliphatic carboxylic acids is 1. The Bertz CT molecular complexity index is 366. The van der Waals surface area contributed by atoms with E-state index in [4.69, 9.17) is 14.6 Å². The number of hydrogen-bond acceptors (Lipinski definition) is 5. The topological polar surface area (TPSA) is 89.9 Å². The molecule has 0 heterocycles. The van der Waals surface area contributed by atoms with Crippen molar-refractivity contribution in [2.45, 2.75) is 65.7 Å². The molecule has 6 heteroatoms. The fourth-order valence-electron chi connectivity index (χ4n) is 2.04. The van der Waals surface area contributed by atoms with Gasteiger partial charge in [0.25, 0.3) is 0 Å². The van der Waals surface area contributed by atoms with Crippen molar-refractivity contribution in [3.8, 4) is 0 Å². The minimum Gasteiger partial charge on any atom is -0.481 e. The molecule has 2 atom stereocenters. The van der Waals surface area contributed by atoms with Crippen LogP contribution in [0.5, 0.6) is 0 Å². The van der Waals surface area contributed by atoms with Crippen LogP contribution in [0.3, 0.4) is 0 Å². The maximum atomic E-state index is 12.1. The molecule has 0 spiro atoms. The third-order valence-corrected chi connectivity index (χ3v) is 3.69. The first-order valence-electron chi connectivity index (χ1n) is 8.49. The summed E-state index contributed by atoms with van der Waals surface area (Å²) < 4.78 is 10.2. The van der Waals surface area contributed by atoms with E-state index in [-0.39, 0.29) is 13.0 Å². The lowest BCUT2D eigenvalue weighted by molar-refractivity contribution is -0.161. The van der Waals surface area contributed by atoms with Crippen molar-refractivity contribution in [1.29, 1.82) is 0 Å². The van der Waals surface area contributed by atoms with E-state index in [1.165, 1.54) is 6.92 Å². The van der Waals surface area contributed by atoms with Crippen molar-refractivity contribution in [3.05, 3.63) is 0 Å². The molecule has 23 heavy (non-hydrogen) atoms. The molecule has 0 aliphatic carbocycles. The summed E-state index contributed by atoms with van der Waals surface area (Å²) in [6.07, 6.45) is 5.15. The van der Waals surface area contributed by atoms with Gasteiger partial charge in [-0.2, -0.15) is 0 Å². The van der Waals surface area contributed by atoms with Gasteiger partial charge in [0.15, 0.2) is 0 Å². The Balaban J connectivity index is 4.47. The third kappa shape index (κ3) is 9.92. The molecule has 0 aromatic rings. The van der Waals surface area contributed by atoms with Gasteiger partial charge in [-0.15, -0.1) is 0 Å². The Kier molecular flexibility index (Phi) is 12.0. The lowest BCUT2D eigenvalue weighted by atomic mass is 9.91. The first-order chi connectivity index (χ1) is 10.9. The maximum absolute atomic E-state index is 12.1. The Hall–Kier alpha value is -1.59. The van der Waals surface area contributed by atoms with Gasteiger partial charge in [-0.25, -0.2) is 0 Å². The molecule has 134 valence electrons. The summed E-state index contributed by atoms with van der Waals surface area (Å²) in [5.41, 5.74) is 0. The summed E-state index contributed by atoms with van der Waals surface area (Å²) in [7, 11) is 0. The van der Waals surface area contributed by atoms with Crippen molar-refractivity contribution in [1.82, 2.24) is 0 Å². The second-order valence-electron chi connectivity index (χ2n) is 5.74. The van der Waals surface area contributed by atoms with Gasteiger partial charge in [0.05, 0.1) is 31.5 Å². The average Bonchev–Trinajstić information content (AvgIpc) is 2.52. The second-order valence-corrected chi connectivity index (χ2v) is 5.74. The fraction of sp³-hybridized carbons (Fsp3) is 0.824. The fourth-order valence-corrected chi connectivity index (χ4v) is 2.04. The first-order valence-corrected chi connectivity index (χ1v) is 8.49. The number of carbonyl (C=O) groups excluding carboxylic acids is 2. The molecule has 0 aliphatic rings. The molecule has 0 radical (unpaired) electrons. The molecule has 0 rings (SSSR count). The Morgan fingerprint density at radius 3 is 1.91 bits per heavy atom. The minimum atomic E-state index is -1.13. The van der Waals surface area contributed by atoms with Crippen molar-refractivity contribution in [3.63, 3.8) is 0 Å². The van der Waals surface area contributed by atoms with Crippen LogP contribution >= 0.6 is 0 Å². The van der Waals surface area contributed by atoms with Crippen LogP contribution in [0.15, 0.2) is 0 Å². The highest BCUT2D eigenvalue weighted by molar-refractivity contribution is 5.85. The molecule has 0 amide bonds. The zero-order valence-corrected chi connectivity index (χ0v) is 14.5. The van der Waals surface area contributed by atoms with Gasteiger partial charge in [-0.05, 0) is 12.8 Å². The van der Waals surface area contributed by atoms with E-state index in [1.807, 2.05) is 13.8 Å². The van der Waals surface area contributed by atoms with Gasteiger partial charge in [0, 0.05) is 0 Å². The molecular weight excluding hydrogens is 300 g/mol. The molecule has 0 aromatic carbocycles. The van der Waals surface area contributed by atoms with E-state index in [9.17, 15) is 14.4 Å². The second kappa shape index (κ2) is 12.9. The minimum absolute atomic E-state index is 0.251. The maximum Gasteiger partial charge on any atom is 0.310 e. The molecular formula is C17H30O6. The first kappa shape index (κ1) is 21.4. The monoisotopic (exact) mass is 330 g/mol. The standard InChI is InChI=1S/C17H30O6/c1-4-6-8-10-22-15(18)12-14(13(3)16(19)20)17(21)23-11-9-7-5-2/h13-14H,4-12H2,1-3H3,(H,19,20). The van der Waals surface area contributed by atoms with Crippen LogP contribution < -0.4 is 0 Å². The molecule has 0 aromatic heterocycles. The van der Waals surface area contributed by atoms with Crippen LogP contribution in [0.4, 0.5) is 0 Å². The molecule has 1 N–H and O–H groups in total. The number of unbranched alkanes of at least 4 members (excludes halogenated alkanes) is 4. The molecule has 0 aliphatic heterocycles. The Morgan fingerprint density at radius 2 is 1.43 bits per heavy atom. The number of rotatable bonds is 13. The molecule has 0 fully saturated rings. The highest BCUT2D eigenvalue weighted by Gasteiger charge is 2.33. The molecule has 0 bridgehead atoms. The van der Waals surface area contributed by atoms with Crippen LogP contribution in [0.2, 0.25) is 0 Å². The van der Waals surface area contributed by atoms with E-state index in [0.29, 0.717) is 6.61 Å². The number of carboxylic acid groups (broad SMARTS) is 1. The van der Waals surface area contributed by atoms with Gasteiger partial charge < -0.3 is 14.6 Å². The van der Waals surface area contributed by atoms with E-state index >= 15 is 0 Å². The van der Waals surface area contributed by atoms with Gasteiger partial charge in [-0.3, -0.25) is 14.4 Å². The summed E-state index contributed by atoms with van der Waals surface area (Å²) in [4.78, 5) is 35.0. The van der Waals surface area contributed by atoms with Gasteiger partial charge in [-0.1, -0.05) is 46.5 Å². The lowest BCUT2D eigenvalue weighted by Gasteiger charge is -2.19. The molecule has 0 saturated carbocycles. The Labute approximate surface area is 138 Å². The largest absolute Gasteiger partial charge is 0.481 e. The zero-order valence-electron chi connectivity index (χ0n) is 14.5. The van der Waals surface area contributed by atoms with Crippen LogP contribution in [0.25, 0.3) is 0 Å². The van der Waals surface area contributed by atoms with Crippen molar-refractivity contribution in [2.24, 2.45) is 11.8 Å². The number of hydrogen-bond donors (Lipinski definition) is 1.